The largest absolute Gasteiger partial charge is 0.496 e. The Kier molecular flexibility index (Phi) is 5.04. The minimum atomic E-state index is -0.148. The molecule has 0 bridgehead atoms. The summed E-state index contributed by atoms with van der Waals surface area (Å²) in [7, 11) is 1.66. The summed E-state index contributed by atoms with van der Waals surface area (Å²) < 4.78 is 8.63. The summed E-state index contributed by atoms with van der Waals surface area (Å²) in [6, 6.07) is 16.0. The summed E-state index contributed by atoms with van der Waals surface area (Å²) in [4.78, 5) is 12.7. The lowest BCUT2D eigenvalue weighted by Gasteiger charge is -2.14. The van der Waals surface area contributed by atoms with Crippen molar-refractivity contribution in [2.45, 2.75) is 18.9 Å². The summed E-state index contributed by atoms with van der Waals surface area (Å²) in [5.74, 6) is 1.13. The fraction of sp³-hybridized carbons (Fsp3) is 0.300. The minimum absolute atomic E-state index is 0.148. The fourth-order valence-electron chi connectivity index (χ4n) is 3.42. The van der Waals surface area contributed by atoms with E-state index in [2.05, 4.69) is 28.1 Å². The highest BCUT2D eigenvalue weighted by molar-refractivity contribution is 5.46. The standard InChI is InChI=1S/C20H23N5O2/c1-27-19-11-17(7-8-18(19)16-12-21-22-13-16)24-14-23-25(20(24)26)10-9-15-5-3-2-4-6-15/h2-8,11,14,16,21-22H,9-10,12-13H2,1H3. The number of hydrogen-bond acceptors (Lipinski definition) is 5. The highest BCUT2D eigenvalue weighted by Crippen LogP contribution is 2.29. The van der Waals surface area contributed by atoms with Gasteiger partial charge in [-0.1, -0.05) is 36.4 Å². The molecule has 2 N–H and O–H groups in total. The van der Waals surface area contributed by atoms with Gasteiger partial charge < -0.3 is 4.74 Å². The zero-order valence-corrected chi connectivity index (χ0v) is 15.3. The Morgan fingerprint density at radius 3 is 2.67 bits per heavy atom. The van der Waals surface area contributed by atoms with E-state index >= 15 is 0 Å². The van der Waals surface area contributed by atoms with E-state index in [9.17, 15) is 4.79 Å². The molecule has 1 aliphatic rings. The van der Waals surface area contributed by atoms with E-state index in [1.54, 1.807) is 18.0 Å². The van der Waals surface area contributed by atoms with Crippen LogP contribution in [0.1, 0.15) is 17.0 Å². The van der Waals surface area contributed by atoms with Crippen LogP contribution in [0.25, 0.3) is 5.69 Å². The number of rotatable bonds is 6. The van der Waals surface area contributed by atoms with E-state index in [1.807, 2.05) is 36.4 Å². The third kappa shape index (κ3) is 3.65. The van der Waals surface area contributed by atoms with Crippen molar-refractivity contribution < 1.29 is 4.74 Å². The lowest BCUT2D eigenvalue weighted by molar-refractivity contribution is 0.406. The van der Waals surface area contributed by atoms with E-state index in [1.165, 1.54) is 10.2 Å². The Morgan fingerprint density at radius 1 is 1.15 bits per heavy atom. The van der Waals surface area contributed by atoms with Crippen molar-refractivity contribution in [1.82, 2.24) is 25.2 Å². The van der Waals surface area contributed by atoms with Crippen molar-refractivity contribution in [2.24, 2.45) is 0 Å². The molecular weight excluding hydrogens is 342 g/mol. The summed E-state index contributed by atoms with van der Waals surface area (Å²) in [5.41, 5.74) is 9.19. The molecule has 0 spiro atoms. The summed E-state index contributed by atoms with van der Waals surface area (Å²) in [6.45, 7) is 2.25. The topological polar surface area (TPSA) is 73.1 Å². The van der Waals surface area contributed by atoms with Crippen molar-refractivity contribution >= 4 is 0 Å². The Labute approximate surface area is 157 Å². The summed E-state index contributed by atoms with van der Waals surface area (Å²) >= 11 is 0. The van der Waals surface area contributed by atoms with Crippen LogP contribution in [0, 0.1) is 0 Å². The molecule has 7 heteroatoms. The molecule has 0 saturated carbocycles. The van der Waals surface area contributed by atoms with E-state index in [4.69, 9.17) is 4.74 Å². The van der Waals surface area contributed by atoms with Gasteiger partial charge in [-0.3, -0.25) is 10.9 Å². The molecule has 0 atom stereocenters. The molecule has 27 heavy (non-hydrogen) atoms. The van der Waals surface area contributed by atoms with Crippen molar-refractivity contribution in [3.8, 4) is 11.4 Å². The first-order chi connectivity index (χ1) is 13.3. The van der Waals surface area contributed by atoms with Crippen LogP contribution in [0.2, 0.25) is 0 Å². The lowest BCUT2D eigenvalue weighted by atomic mass is 9.99. The molecule has 0 unspecified atom stereocenters. The maximum Gasteiger partial charge on any atom is 0.350 e. The van der Waals surface area contributed by atoms with Crippen LogP contribution in [0.5, 0.6) is 5.75 Å². The average Bonchev–Trinajstić information content (AvgIpc) is 3.37. The van der Waals surface area contributed by atoms with Crippen molar-refractivity contribution in [2.75, 3.05) is 20.2 Å². The number of ether oxygens (including phenoxy) is 1. The summed E-state index contributed by atoms with van der Waals surface area (Å²) in [5, 5.41) is 4.27. The minimum Gasteiger partial charge on any atom is -0.496 e. The molecule has 7 nitrogen and oxygen atoms in total. The third-order valence-electron chi connectivity index (χ3n) is 4.95. The molecule has 0 amide bonds. The van der Waals surface area contributed by atoms with Crippen LogP contribution in [0.3, 0.4) is 0 Å². The molecule has 0 aliphatic carbocycles. The number of hydrogen-bond donors (Lipinski definition) is 2. The summed E-state index contributed by atoms with van der Waals surface area (Å²) in [6.07, 6.45) is 2.34. The monoisotopic (exact) mass is 365 g/mol. The molecule has 140 valence electrons. The van der Waals surface area contributed by atoms with Gasteiger partial charge in [-0.2, -0.15) is 5.10 Å². The predicted octanol–water partition coefficient (Wildman–Crippen LogP) is 1.48. The maximum absolute atomic E-state index is 12.7. The number of aryl methyl sites for hydroxylation is 2. The molecule has 4 rings (SSSR count). The van der Waals surface area contributed by atoms with Crippen LogP contribution in [0.4, 0.5) is 0 Å². The molecule has 0 radical (unpaired) electrons. The zero-order chi connectivity index (χ0) is 18.6. The predicted molar refractivity (Wildman–Crippen MR) is 103 cm³/mol. The normalized spacial score (nSPS) is 14.6. The molecule has 2 heterocycles. The van der Waals surface area contributed by atoms with Crippen LogP contribution in [0.15, 0.2) is 59.7 Å². The maximum atomic E-state index is 12.7. The van der Waals surface area contributed by atoms with E-state index in [0.717, 1.165) is 36.5 Å². The van der Waals surface area contributed by atoms with Crippen molar-refractivity contribution in [1.29, 1.82) is 0 Å². The van der Waals surface area contributed by atoms with Gasteiger partial charge >= 0.3 is 5.69 Å². The van der Waals surface area contributed by atoms with Gasteiger partial charge in [0.1, 0.15) is 12.1 Å². The van der Waals surface area contributed by atoms with Gasteiger partial charge in [0.15, 0.2) is 0 Å². The van der Waals surface area contributed by atoms with E-state index in [0.29, 0.717) is 12.5 Å². The van der Waals surface area contributed by atoms with Gasteiger partial charge in [-0.15, -0.1) is 0 Å². The molecular formula is C20H23N5O2. The fourth-order valence-corrected chi connectivity index (χ4v) is 3.42. The number of nitrogens with one attached hydrogen (secondary N) is 2. The quantitative estimate of drug-likeness (QED) is 0.692. The number of methoxy groups -OCH3 is 1. The van der Waals surface area contributed by atoms with Gasteiger partial charge in [0.25, 0.3) is 0 Å². The smallest absolute Gasteiger partial charge is 0.350 e. The third-order valence-corrected chi connectivity index (χ3v) is 4.95. The number of hydrazine groups is 1. The number of aromatic nitrogens is 3. The van der Waals surface area contributed by atoms with Crippen LogP contribution in [-0.2, 0) is 13.0 Å². The van der Waals surface area contributed by atoms with Crippen LogP contribution in [-0.4, -0.2) is 34.5 Å². The zero-order valence-electron chi connectivity index (χ0n) is 15.3. The Morgan fingerprint density at radius 2 is 1.93 bits per heavy atom. The van der Waals surface area contributed by atoms with E-state index < -0.39 is 0 Å². The lowest BCUT2D eigenvalue weighted by Crippen LogP contribution is -2.24. The molecule has 1 saturated heterocycles. The van der Waals surface area contributed by atoms with Gasteiger partial charge in [-0.25, -0.2) is 14.0 Å². The first kappa shape index (κ1) is 17.5. The number of benzene rings is 2. The highest BCUT2D eigenvalue weighted by Gasteiger charge is 2.21. The average molecular weight is 365 g/mol. The molecule has 3 aromatic rings. The molecule has 1 aromatic heterocycles. The van der Waals surface area contributed by atoms with Gasteiger partial charge in [0.05, 0.1) is 19.3 Å². The molecule has 1 aliphatic heterocycles. The van der Waals surface area contributed by atoms with Crippen molar-refractivity contribution in [3.63, 3.8) is 0 Å². The van der Waals surface area contributed by atoms with Gasteiger partial charge in [-0.05, 0) is 23.6 Å². The Balaban J connectivity index is 1.56. The molecule has 1 fully saturated rings. The second-order valence-electron chi connectivity index (χ2n) is 6.63. The Bertz CT molecular complexity index is 958. The van der Waals surface area contributed by atoms with Gasteiger partial charge in [0, 0.05) is 25.1 Å². The second-order valence-corrected chi connectivity index (χ2v) is 6.63. The van der Waals surface area contributed by atoms with Crippen molar-refractivity contribution in [3.05, 3.63) is 76.5 Å². The highest BCUT2D eigenvalue weighted by atomic mass is 16.5. The number of nitrogens with zero attached hydrogens (tertiary/aromatic N) is 3. The van der Waals surface area contributed by atoms with Gasteiger partial charge in [0.2, 0.25) is 0 Å². The first-order valence-electron chi connectivity index (χ1n) is 9.08. The molecule has 2 aromatic carbocycles. The first-order valence-corrected chi connectivity index (χ1v) is 9.08. The Hall–Kier alpha value is -2.90. The van der Waals surface area contributed by atoms with Crippen LogP contribution < -0.4 is 21.3 Å². The second kappa shape index (κ2) is 7.77. The van der Waals surface area contributed by atoms with E-state index in [-0.39, 0.29) is 5.69 Å². The van der Waals surface area contributed by atoms with Crippen LogP contribution >= 0.6 is 0 Å². The SMILES string of the molecule is COc1cc(-n2cnn(CCc3ccccc3)c2=O)ccc1C1CNNC1.